The zero-order valence-corrected chi connectivity index (χ0v) is 13.4. The van der Waals surface area contributed by atoms with Gasteiger partial charge in [-0.15, -0.1) is 0 Å². The maximum Gasteiger partial charge on any atom is 0.241 e. The van der Waals surface area contributed by atoms with E-state index in [9.17, 15) is 13.5 Å². The van der Waals surface area contributed by atoms with Gasteiger partial charge < -0.3 is 5.11 Å². The van der Waals surface area contributed by atoms with Crippen molar-refractivity contribution in [2.45, 2.75) is 57.1 Å². The predicted octanol–water partition coefficient (Wildman–Crippen LogP) is 2.26. The summed E-state index contributed by atoms with van der Waals surface area (Å²) in [6, 6.07) is 3.52. The molecule has 3 unspecified atom stereocenters. The second kappa shape index (κ2) is 5.38. The molecule has 0 spiro atoms. The smallest absolute Gasteiger partial charge is 0.241 e. The summed E-state index contributed by atoms with van der Waals surface area (Å²) in [5, 5.41) is 9.30. The van der Waals surface area contributed by atoms with Crippen molar-refractivity contribution in [2.75, 3.05) is 0 Å². The number of rotatable bonds is 4. The van der Waals surface area contributed by atoms with Crippen molar-refractivity contribution in [1.82, 2.24) is 4.72 Å². The molecule has 1 aromatic rings. The van der Waals surface area contributed by atoms with Crippen LogP contribution in [0.2, 0.25) is 0 Å². The van der Waals surface area contributed by atoms with Gasteiger partial charge in [-0.2, -0.15) is 0 Å². The fourth-order valence-corrected chi connectivity index (χ4v) is 5.61. The Morgan fingerprint density at radius 3 is 2.57 bits per heavy atom. The van der Waals surface area contributed by atoms with Gasteiger partial charge in [0.25, 0.3) is 0 Å². The van der Waals surface area contributed by atoms with Crippen molar-refractivity contribution >= 4 is 10.0 Å². The topological polar surface area (TPSA) is 66.4 Å². The van der Waals surface area contributed by atoms with Gasteiger partial charge in [0.15, 0.2) is 0 Å². The number of benzene rings is 1. The van der Waals surface area contributed by atoms with Crippen molar-refractivity contribution in [1.29, 1.82) is 0 Å². The fourth-order valence-electron chi connectivity index (χ4n) is 3.92. The van der Waals surface area contributed by atoms with Crippen LogP contribution in [-0.4, -0.2) is 19.6 Å². The molecule has 116 valence electrons. The van der Waals surface area contributed by atoms with Gasteiger partial charge in [-0.3, -0.25) is 0 Å². The van der Waals surface area contributed by atoms with E-state index in [1.807, 2.05) is 19.9 Å². The average Bonchev–Trinajstić information content (AvgIpc) is 3.03. The van der Waals surface area contributed by atoms with Crippen LogP contribution in [0.5, 0.6) is 0 Å². The van der Waals surface area contributed by atoms with Crippen LogP contribution in [0.25, 0.3) is 0 Å². The first kappa shape index (κ1) is 15.0. The maximum absolute atomic E-state index is 12.7. The molecule has 1 aromatic carbocycles. The second-order valence-corrected chi connectivity index (χ2v) is 8.28. The molecule has 2 N–H and O–H groups in total. The normalized spacial score (nSPS) is 28.2. The van der Waals surface area contributed by atoms with Gasteiger partial charge in [0, 0.05) is 6.04 Å². The first-order valence-corrected chi connectivity index (χ1v) is 9.12. The zero-order valence-electron chi connectivity index (χ0n) is 12.6. The van der Waals surface area contributed by atoms with Crippen LogP contribution in [-0.2, 0) is 16.6 Å². The minimum atomic E-state index is -3.51. The maximum atomic E-state index is 12.7. The molecule has 2 bridgehead atoms. The Balaban J connectivity index is 1.89. The van der Waals surface area contributed by atoms with Gasteiger partial charge in [-0.1, -0.05) is 12.5 Å². The lowest BCUT2D eigenvalue weighted by molar-refractivity contribution is 0.281. The highest BCUT2D eigenvalue weighted by atomic mass is 32.2. The number of aryl methyl sites for hydroxylation is 1. The van der Waals surface area contributed by atoms with Gasteiger partial charge in [-0.05, 0) is 67.7 Å². The third-order valence-electron chi connectivity index (χ3n) is 5.20. The monoisotopic (exact) mass is 309 g/mol. The highest BCUT2D eigenvalue weighted by Crippen LogP contribution is 2.44. The molecule has 21 heavy (non-hydrogen) atoms. The van der Waals surface area contributed by atoms with E-state index >= 15 is 0 Å². The number of fused-ring (bicyclic) bond motifs is 2. The van der Waals surface area contributed by atoms with E-state index in [1.165, 1.54) is 12.8 Å². The van der Waals surface area contributed by atoms with Gasteiger partial charge in [0.1, 0.15) is 0 Å². The molecule has 4 nitrogen and oxygen atoms in total. The van der Waals surface area contributed by atoms with E-state index in [1.54, 1.807) is 6.07 Å². The summed E-state index contributed by atoms with van der Waals surface area (Å²) in [6.45, 7) is 3.56. The molecule has 5 heteroatoms. The minimum Gasteiger partial charge on any atom is -0.392 e. The molecule has 2 aliphatic rings. The van der Waals surface area contributed by atoms with E-state index in [-0.39, 0.29) is 12.6 Å². The SMILES string of the molecule is Cc1cc(CO)cc(S(=O)(=O)NC2CC3CCC2C3)c1C. The summed E-state index contributed by atoms with van der Waals surface area (Å²) in [4.78, 5) is 0.314. The lowest BCUT2D eigenvalue weighted by Crippen LogP contribution is -2.38. The largest absolute Gasteiger partial charge is 0.392 e. The Morgan fingerprint density at radius 2 is 2.00 bits per heavy atom. The van der Waals surface area contributed by atoms with Crippen LogP contribution in [0, 0.1) is 25.7 Å². The van der Waals surface area contributed by atoms with Crippen molar-refractivity contribution < 1.29 is 13.5 Å². The molecule has 2 fully saturated rings. The Kier molecular flexibility index (Phi) is 3.84. The summed E-state index contributed by atoms with van der Waals surface area (Å²) in [5.41, 5.74) is 2.31. The first-order valence-electron chi connectivity index (χ1n) is 7.64. The Bertz CT molecular complexity index is 654. The standard InChI is InChI=1S/C16H23NO3S/c1-10-5-13(9-18)8-16(11(10)2)21(19,20)17-15-7-12-3-4-14(15)6-12/h5,8,12,14-15,17-18H,3-4,6-7,9H2,1-2H3. The Hall–Kier alpha value is -0.910. The Labute approximate surface area is 126 Å². The van der Waals surface area contributed by atoms with Gasteiger partial charge >= 0.3 is 0 Å². The van der Waals surface area contributed by atoms with Gasteiger partial charge in [0.2, 0.25) is 10.0 Å². The number of hydrogen-bond acceptors (Lipinski definition) is 3. The molecule has 0 saturated heterocycles. The number of nitrogens with one attached hydrogen (secondary N) is 1. The van der Waals surface area contributed by atoms with Crippen LogP contribution < -0.4 is 4.72 Å². The molecular formula is C16H23NO3S. The lowest BCUT2D eigenvalue weighted by atomic mass is 9.96. The van der Waals surface area contributed by atoms with Crippen LogP contribution in [0.15, 0.2) is 17.0 Å². The van der Waals surface area contributed by atoms with E-state index in [4.69, 9.17) is 0 Å². The number of aliphatic hydroxyl groups excluding tert-OH is 1. The molecule has 2 saturated carbocycles. The second-order valence-electron chi connectivity index (χ2n) is 6.60. The van der Waals surface area contributed by atoms with Crippen LogP contribution in [0.4, 0.5) is 0 Å². The van der Waals surface area contributed by atoms with Crippen LogP contribution in [0.3, 0.4) is 0 Å². The van der Waals surface area contributed by atoms with Crippen LogP contribution in [0.1, 0.15) is 42.4 Å². The number of aliphatic hydroxyl groups is 1. The van der Waals surface area contributed by atoms with Gasteiger partial charge in [-0.25, -0.2) is 13.1 Å². The predicted molar refractivity (Wildman–Crippen MR) is 81.4 cm³/mol. The molecule has 0 aliphatic heterocycles. The molecule has 2 aliphatic carbocycles. The molecule has 3 atom stereocenters. The lowest BCUT2D eigenvalue weighted by Gasteiger charge is -2.23. The molecule has 0 radical (unpaired) electrons. The zero-order chi connectivity index (χ0) is 15.2. The third kappa shape index (κ3) is 2.74. The molecule has 0 aromatic heterocycles. The molecule has 3 rings (SSSR count). The molecular weight excluding hydrogens is 286 g/mol. The first-order chi connectivity index (χ1) is 9.90. The van der Waals surface area contributed by atoms with Crippen molar-refractivity contribution in [3.63, 3.8) is 0 Å². The summed E-state index contributed by atoms with van der Waals surface area (Å²) in [5.74, 6) is 1.21. The summed E-state index contributed by atoms with van der Waals surface area (Å²) in [7, 11) is -3.51. The van der Waals surface area contributed by atoms with E-state index in [0.29, 0.717) is 22.3 Å². The quantitative estimate of drug-likeness (QED) is 0.896. The van der Waals surface area contributed by atoms with Crippen molar-refractivity contribution in [2.24, 2.45) is 11.8 Å². The third-order valence-corrected chi connectivity index (χ3v) is 6.81. The average molecular weight is 309 g/mol. The number of sulfonamides is 1. The highest BCUT2D eigenvalue weighted by Gasteiger charge is 2.41. The molecule has 0 heterocycles. The summed E-state index contributed by atoms with van der Waals surface area (Å²) < 4.78 is 28.3. The molecule has 0 amide bonds. The minimum absolute atomic E-state index is 0.0891. The van der Waals surface area contributed by atoms with Gasteiger partial charge in [0.05, 0.1) is 11.5 Å². The fraction of sp³-hybridized carbons (Fsp3) is 0.625. The van der Waals surface area contributed by atoms with Crippen molar-refractivity contribution in [3.8, 4) is 0 Å². The summed E-state index contributed by atoms with van der Waals surface area (Å²) >= 11 is 0. The van der Waals surface area contributed by atoms with Crippen molar-refractivity contribution in [3.05, 3.63) is 28.8 Å². The number of hydrogen-bond donors (Lipinski definition) is 2. The highest BCUT2D eigenvalue weighted by molar-refractivity contribution is 7.89. The summed E-state index contributed by atoms with van der Waals surface area (Å²) in [6.07, 6.45) is 4.54. The van der Waals surface area contributed by atoms with E-state index < -0.39 is 10.0 Å². The van der Waals surface area contributed by atoms with E-state index in [0.717, 1.165) is 24.0 Å². The Morgan fingerprint density at radius 1 is 1.24 bits per heavy atom. The van der Waals surface area contributed by atoms with Crippen LogP contribution >= 0.6 is 0 Å². The van der Waals surface area contributed by atoms with E-state index in [2.05, 4.69) is 4.72 Å².